The molecule has 1 aliphatic carbocycles. The first kappa shape index (κ1) is 17.4. The lowest BCUT2D eigenvalue weighted by atomic mass is 10.0. The molecule has 3 N–H and O–H groups in total. The number of hydrogen-bond acceptors (Lipinski definition) is 5. The Balaban J connectivity index is 1.71. The van der Waals surface area contributed by atoms with E-state index in [4.69, 9.17) is 22.1 Å². The van der Waals surface area contributed by atoms with Gasteiger partial charge in [0, 0.05) is 18.5 Å². The second-order valence-corrected chi connectivity index (χ2v) is 7.78. The minimum absolute atomic E-state index is 0.435. The lowest BCUT2D eigenvalue weighted by molar-refractivity contribution is 0.415. The fourth-order valence-electron chi connectivity index (χ4n) is 4.30. The maximum atomic E-state index is 6.24. The van der Waals surface area contributed by atoms with Crippen molar-refractivity contribution in [2.24, 2.45) is 24.8 Å². The number of piperidine rings is 1. The standard InChI is InChI=1S/C21H20ClN5O/c1-27-16(6-4-12-13-8-24-9-14(12)13)18(19-20(23)25-10-26-21(19)27)11-3-5-15(22)17(7-11)28-2/h3,5,7,10,12-14,24H,8-9H2,1-2H3,(H2,23,25,26)/t12?,13-,14+. The summed E-state index contributed by atoms with van der Waals surface area (Å²) in [7, 11) is 3.57. The second-order valence-electron chi connectivity index (χ2n) is 7.37. The van der Waals surface area contributed by atoms with Crippen molar-refractivity contribution < 1.29 is 4.74 Å². The van der Waals surface area contributed by atoms with Crippen LogP contribution in [0.4, 0.5) is 5.82 Å². The highest BCUT2D eigenvalue weighted by Gasteiger charge is 2.52. The van der Waals surface area contributed by atoms with Gasteiger partial charge < -0.3 is 20.4 Å². The summed E-state index contributed by atoms with van der Waals surface area (Å²) in [6.45, 7) is 2.14. The molecule has 2 aromatic heterocycles. The zero-order valence-corrected chi connectivity index (χ0v) is 16.4. The molecular formula is C21H20ClN5O. The van der Waals surface area contributed by atoms with E-state index in [1.54, 1.807) is 7.11 Å². The summed E-state index contributed by atoms with van der Waals surface area (Å²) >= 11 is 6.23. The van der Waals surface area contributed by atoms with Crippen molar-refractivity contribution in [1.29, 1.82) is 0 Å². The van der Waals surface area contributed by atoms with Gasteiger partial charge in [0.25, 0.3) is 0 Å². The fourth-order valence-corrected chi connectivity index (χ4v) is 4.50. The molecule has 1 aromatic carbocycles. The Kier molecular flexibility index (Phi) is 3.97. The zero-order valence-electron chi connectivity index (χ0n) is 15.7. The molecule has 142 valence electrons. The van der Waals surface area contributed by atoms with Crippen LogP contribution in [-0.2, 0) is 7.05 Å². The number of methoxy groups -OCH3 is 1. The number of ether oxygens (including phenoxy) is 1. The summed E-state index contributed by atoms with van der Waals surface area (Å²) in [4.78, 5) is 8.65. The Hall–Kier alpha value is -2.75. The van der Waals surface area contributed by atoms with Gasteiger partial charge >= 0.3 is 0 Å². The number of nitrogens with two attached hydrogens (primary N) is 1. The number of nitrogen functional groups attached to an aromatic ring is 1. The minimum atomic E-state index is 0.435. The average Bonchev–Trinajstić information content (AvgIpc) is 3.02. The van der Waals surface area contributed by atoms with E-state index in [0.29, 0.717) is 34.3 Å². The van der Waals surface area contributed by atoms with Gasteiger partial charge in [-0.2, -0.15) is 0 Å². The van der Waals surface area contributed by atoms with E-state index in [2.05, 4.69) is 27.1 Å². The molecule has 1 aliphatic heterocycles. The number of hydrogen-bond donors (Lipinski definition) is 2. The maximum absolute atomic E-state index is 6.24. The number of nitrogens with zero attached hydrogens (tertiary/aromatic N) is 3. The third-order valence-corrected chi connectivity index (χ3v) is 6.20. The van der Waals surface area contributed by atoms with Crippen LogP contribution in [0, 0.1) is 29.6 Å². The van der Waals surface area contributed by atoms with Gasteiger partial charge in [0.1, 0.15) is 29.2 Å². The van der Waals surface area contributed by atoms with Crippen LogP contribution in [-0.4, -0.2) is 34.7 Å². The lowest BCUT2D eigenvalue weighted by Crippen LogP contribution is -2.13. The van der Waals surface area contributed by atoms with Crippen LogP contribution in [0.5, 0.6) is 5.75 Å². The molecule has 0 bridgehead atoms. The van der Waals surface area contributed by atoms with Crippen molar-refractivity contribution in [3.05, 3.63) is 35.2 Å². The Labute approximate surface area is 168 Å². The molecule has 3 heterocycles. The predicted octanol–water partition coefficient (Wildman–Crippen LogP) is 2.70. The molecule has 28 heavy (non-hydrogen) atoms. The van der Waals surface area contributed by atoms with E-state index in [-0.39, 0.29) is 0 Å². The largest absolute Gasteiger partial charge is 0.495 e. The van der Waals surface area contributed by atoms with E-state index in [9.17, 15) is 0 Å². The van der Waals surface area contributed by atoms with Crippen molar-refractivity contribution >= 4 is 28.5 Å². The van der Waals surface area contributed by atoms with Crippen molar-refractivity contribution in [3.8, 4) is 28.7 Å². The van der Waals surface area contributed by atoms with Crippen molar-refractivity contribution in [3.63, 3.8) is 0 Å². The van der Waals surface area contributed by atoms with Crippen LogP contribution in [0.3, 0.4) is 0 Å². The third-order valence-electron chi connectivity index (χ3n) is 5.89. The van der Waals surface area contributed by atoms with Gasteiger partial charge in [0.2, 0.25) is 0 Å². The topological polar surface area (TPSA) is 78.0 Å². The van der Waals surface area contributed by atoms with E-state index in [1.807, 2.05) is 29.8 Å². The molecule has 0 amide bonds. The van der Waals surface area contributed by atoms with Crippen molar-refractivity contribution in [1.82, 2.24) is 19.9 Å². The fraction of sp³-hybridized carbons (Fsp3) is 0.333. The van der Waals surface area contributed by atoms with Crippen LogP contribution < -0.4 is 15.8 Å². The normalized spacial score (nSPS) is 22.6. The molecule has 7 heteroatoms. The van der Waals surface area contributed by atoms with Crippen molar-refractivity contribution in [2.45, 2.75) is 0 Å². The van der Waals surface area contributed by atoms with Crippen LogP contribution >= 0.6 is 11.6 Å². The summed E-state index contributed by atoms with van der Waals surface area (Å²) in [6.07, 6.45) is 1.48. The zero-order chi connectivity index (χ0) is 19.4. The number of halogens is 1. The number of aryl methyl sites for hydroxylation is 1. The first-order valence-electron chi connectivity index (χ1n) is 9.25. The lowest BCUT2D eigenvalue weighted by Gasteiger charge is -2.07. The second kappa shape index (κ2) is 6.40. The summed E-state index contributed by atoms with van der Waals surface area (Å²) in [5, 5.41) is 4.77. The maximum Gasteiger partial charge on any atom is 0.146 e. The Morgan fingerprint density at radius 2 is 2.07 bits per heavy atom. The predicted molar refractivity (Wildman–Crippen MR) is 110 cm³/mol. The summed E-state index contributed by atoms with van der Waals surface area (Å²) in [6, 6.07) is 5.68. The first-order chi connectivity index (χ1) is 13.6. The van der Waals surface area contributed by atoms with Gasteiger partial charge in [-0.05, 0) is 48.5 Å². The van der Waals surface area contributed by atoms with Gasteiger partial charge in [-0.3, -0.25) is 0 Å². The number of aromatic nitrogens is 3. The smallest absolute Gasteiger partial charge is 0.146 e. The van der Waals surface area contributed by atoms with Crippen LogP contribution in [0.1, 0.15) is 5.69 Å². The first-order valence-corrected chi connectivity index (χ1v) is 9.63. The monoisotopic (exact) mass is 393 g/mol. The molecular weight excluding hydrogens is 374 g/mol. The quantitative estimate of drug-likeness (QED) is 0.654. The molecule has 0 radical (unpaired) electrons. The van der Waals surface area contributed by atoms with E-state index in [1.165, 1.54) is 6.33 Å². The van der Waals surface area contributed by atoms with Gasteiger partial charge in [0.15, 0.2) is 0 Å². The molecule has 5 rings (SSSR count). The number of anilines is 1. The highest BCUT2D eigenvalue weighted by atomic mass is 35.5. The molecule has 2 fully saturated rings. The SMILES string of the molecule is COc1cc(-c2c(C#CC3[C@H]4CNC[C@@H]34)n(C)c3ncnc(N)c23)ccc1Cl. The molecule has 3 atom stereocenters. The number of fused-ring (bicyclic) bond motifs is 2. The van der Waals surface area contributed by atoms with Gasteiger partial charge in [0.05, 0.1) is 17.5 Å². The molecule has 6 nitrogen and oxygen atoms in total. The highest BCUT2D eigenvalue weighted by molar-refractivity contribution is 6.32. The third kappa shape index (κ3) is 2.55. The van der Waals surface area contributed by atoms with Gasteiger partial charge in [-0.1, -0.05) is 23.6 Å². The summed E-state index contributed by atoms with van der Waals surface area (Å²) in [5.74, 6) is 9.80. The summed E-state index contributed by atoms with van der Waals surface area (Å²) in [5.41, 5.74) is 9.73. The van der Waals surface area contributed by atoms with Gasteiger partial charge in [-0.25, -0.2) is 9.97 Å². The molecule has 3 aromatic rings. The van der Waals surface area contributed by atoms with E-state index >= 15 is 0 Å². The molecule has 1 saturated heterocycles. The molecule has 0 spiro atoms. The molecule has 1 unspecified atom stereocenters. The Bertz CT molecular complexity index is 1150. The average molecular weight is 394 g/mol. The number of benzene rings is 1. The number of nitrogens with one attached hydrogen (secondary N) is 1. The van der Waals surface area contributed by atoms with Crippen LogP contribution in [0.2, 0.25) is 5.02 Å². The van der Waals surface area contributed by atoms with Gasteiger partial charge in [-0.15, -0.1) is 0 Å². The Morgan fingerprint density at radius 3 is 2.82 bits per heavy atom. The Morgan fingerprint density at radius 1 is 1.29 bits per heavy atom. The van der Waals surface area contributed by atoms with E-state index in [0.717, 1.165) is 40.9 Å². The molecule has 2 aliphatic rings. The van der Waals surface area contributed by atoms with Crippen LogP contribution in [0.15, 0.2) is 24.5 Å². The highest BCUT2D eigenvalue weighted by Crippen LogP contribution is 2.48. The van der Waals surface area contributed by atoms with E-state index < -0.39 is 0 Å². The minimum Gasteiger partial charge on any atom is -0.495 e. The van der Waals surface area contributed by atoms with Crippen LogP contribution in [0.25, 0.3) is 22.2 Å². The van der Waals surface area contributed by atoms with Crippen molar-refractivity contribution in [2.75, 3.05) is 25.9 Å². The molecule has 1 saturated carbocycles. The number of rotatable bonds is 2. The summed E-state index contributed by atoms with van der Waals surface area (Å²) < 4.78 is 7.40.